The highest BCUT2D eigenvalue weighted by molar-refractivity contribution is 8.26. The van der Waals surface area contributed by atoms with Gasteiger partial charge in [-0.05, 0) is 42.5 Å². The molecule has 0 spiro atoms. The van der Waals surface area contributed by atoms with E-state index < -0.39 is 0 Å². The SMILES string of the molecule is COc1ccc(-n2cccc2/C=C2/SC(=S)NC2=O)cc1. The molecule has 1 N–H and O–H groups in total. The van der Waals surface area contributed by atoms with Gasteiger partial charge in [-0.2, -0.15) is 0 Å². The van der Waals surface area contributed by atoms with Gasteiger partial charge in [-0.15, -0.1) is 0 Å². The maximum atomic E-state index is 11.7. The van der Waals surface area contributed by atoms with E-state index in [9.17, 15) is 4.79 Å². The predicted molar refractivity (Wildman–Crippen MR) is 88.6 cm³/mol. The van der Waals surface area contributed by atoms with Gasteiger partial charge in [0.15, 0.2) is 0 Å². The first-order chi connectivity index (χ1) is 10.2. The van der Waals surface area contributed by atoms with Gasteiger partial charge < -0.3 is 14.6 Å². The highest BCUT2D eigenvalue weighted by atomic mass is 32.2. The Morgan fingerprint density at radius 1 is 1.29 bits per heavy atom. The summed E-state index contributed by atoms with van der Waals surface area (Å²) < 4.78 is 7.65. The number of aromatic nitrogens is 1. The highest BCUT2D eigenvalue weighted by Gasteiger charge is 2.22. The molecule has 1 aromatic heterocycles. The van der Waals surface area contributed by atoms with Crippen molar-refractivity contribution in [3.63, 3.8) is 0 Å². The molecule has 21 heavy (non-hydrogen) atoms. The van der Waals surface area contributed by atoms with Gasteiger partial charge in [0.05, 0.1) is 12.0 Å². The summed E-state index contributed by atoms with van der Waals surface area (Å²) in [4.78, 5) is 12.3. The zero-order chi connectivity index (χ0) is 14.8. The monoisotopic (exact) mass is 316 g/mol. The molecule has 0 unspecified atom stereocenters. The third-order valence-corrected chi connectivity index (χ3v) is 4.21. The van der Waals surface area contributed by atoms with Crippen molar-refractivity contribution in [1.29, 1.82) is 0 Å². The van der Waals surface area contributed by atoms with Gasteiger partial charge >= 0.3 is 0 Å². The van der Waals surface area contributed by atoms with Crippen molar-refractivity contribution in [2.45, 2.75) is 0 Å². The highest BCUT2D eigenvalue weighted by Crippen LogP contribution is 2.27. The van der Waals surface area contributed by atoms with Crippen LogP contribution in [0.1, 0.15) is 5.69 Å². The Labute approximate surface area is 131 Å². The first kappa shape index (κ1) is 13.9. The molecule has 4 nitrogen and oxygen atoms in total. The zero-order valence-electron chi connectivity index (χ0n) is 11.2. The van der Waals surface area contributed by atoms with Gasteiger partial charge in [0.1, 0.15) is 10.1 Å². The first-order valence-corrected chi connectivity index (χ1v) is 7.46. The number of nitrogens with zero attached hydrogens (tertiary/aromatic N) is 1. The average Bonchev–Trinajstić information content (AvgIpc) is 3.06. The first-order valence-electron chi connectivity index (χ1n) is 6.24. The molecule has 0 aliphatic carbocycles. The Hall–Kier alpha value is -2.05. The summed E-state index contributed by atoms with van der Waals surface area (Å²) >= 11 is 6.27. The number of thioether (sulfide) groups is 1. The number of carbonyl (C=O) groups excluding carboxylic acids is 1. The van der Waals surface area contributed by atoms with Crippen LogP contribution in [0.4, 0.5) is 0 Å². The molecule has 0 saturated carbocycles. The Balaban J connectivity index is 1.95. The summed E-state index contributed by atoms with van der Waals surface area (Å²) in [6.45, 7) is 0. The van der Waals surface area contributed by atoms with E-state index in [-0.39, 0.29) is 5.91 Å². The molecule has 106 valence electrons. The zero-order valence-corrected chi connectivity index (χ0v) is 12.8. The number of carbonyl (C=O) groups is 1. The molecule has 2 aromatic rings. The molecular formula is C15H12N2O2S2. The van der Waals surface area contributed by atoms with E-state index in [1.54, 1.807) is 7.11 Å². The number of benzene rings is 1. The van der Waals surface area contributed by atoms with E-state index in [1.165, 1.54) is 11.8 Å². The minimum Gasteiger partial charge on any atom is -0.497 e. The summed E-state index contributed by atoms with van der Waals surface area (Å²) in [5.41, 5.74) is 1.92. The Kier molecular flexibility index (Phi) is 3.81. The van der Waals surface area contributed by atoms with Crippen molar-refractivity contribution in [3.8, 4) is 11.4 Å². The van der Waals surface area contributed by atoms with Crippen LogP contribution in [0.25, 0.3) is 11.8 Å². The van der Waals surface area contributed by atoms with Crippen LogP contribution >= 0.6 is 24.0 Å². The van der Waals surface area contributed by atoms with Gasteiger partial charge in [0.2, 0.25) is 0 Å². The van der Waals surface area contributed by atoms with Crippen LogP contribution in [0, 0.1) is 0 Å². The van der Waals surface area contributed by atoms with Crippen LogP contribution in [-0.2, 0) is 4.79 Å². The van der Waals surface area contributed by atoms with Gasteiger partial charge in [0, 0.05) is 17.6 Å². The van der Waals surface area contributed by atoms with Crippen LogP contribution < -0.4 is 10.1 Å². The van der Waals surface area contributed by atoms with E-state index >= 15 is 0 Å². The molecule has 1 aliphatic rings. The maximum absolute atomic E-state index is 11.7. The molecule has 3 rings (SSSR count). The molecule has 6 heteroatoms. The molecule has 0 bridgehead atoms. The predicted octanol–water partition coefficient (Wildman–Crippen LogP) is 2.97. The standard InChI is InChI=1S/C15H12N2O2S2/c1-19-12-6-4-10(5-7-12)17-8-2-3-11(17)9-13-14(18)16-15(20)21-13/h2-9H,1H3,(H,16,18,20)/b13-9+. The number of hydrogen-bond donors (Lipinski definition) is 1. The second-order valence-electron chi connectivity index (χ2n) is 4.35. The van der Waals surface area contributed by atoms with Crippen molar-refractivity contribution < 1.29 is 9.53 Å². The van der Waals surface area contributed by atoms with Gasteiger partial charge in [-0.25, -0.2) is 0 Å². The topological polar surface area (TPSA) is 43.3 Å². The quantitative estimate of drug-likeness (QED) is 0.698. The van der Waals surface area contributed by atoms with Gasteiger partial charge in [0.25, 0.3) is 5.91 Å². The fourth-order valence-electron chi connectivity index (χ4n) is 2.05. The Morgan fingerprint density at radius 3 is 2.67 bits per heavy atom. The fraction of sp³-hybridized carbons (Fsp3) is 0.0667. The third-order valence-electron chi connectivity index (χ3n) is 3.05. The van der Waals surface area contributed by atoms with E-state index in [4.69, 9.17) is 17.0 Å². The molecule has 1 amide bonds. The van der Waals surface area contributed by atoms with E-state index in [1.807, 2.05) is 53.2 Å². The van der Waals surface area contributed by atoms with Crippen LogP contribution in [0.3, 0.4) is 0 Å². The lowest BCUT2D eigenvalue weighted by Gasteiger charge is -2.08. The molecule has 1 aliphatic heterocycles. The lowest BCUT2D eigenvalue weighted by molar-refractivity contribution is -0.115. The minimum absolute atomic E-state index is 0.146. The molecular weight excluding hydrogens is 304 g/mol. The van der Waals surface area contributed by atoms with E-state index in [2.05, 4.69) is 5.32 Å². The maximum Gasteiger partial charge on any atom is 0.263 e. The summed E-state index contributed by atoms with van der Waals surface area (Å²) in [6.07, 6.45) is 3.79. The van der Waals surface area contributed by atoms with Crippen molar-refractivity contribution in [1.82, 2.24) is 9.88 Å². The van der Waals surface area contributed by atoms with Gasteiger partial charge in [-0.3, -0.25) is 4.79 Å². The van der Waals surface area contributed by atoms with E-state index in [0.29, 0.717) is 9.23 Å². The number of methoxy groups -OCH3 is 1. The summed E-state index contributed by atoms with van der Waals surface area (Å²) in [5, 5.41) is 2.61. The number of thiocarbonyl (C=S) groups is 1. The third kappa shape index (κ3) is 2.86. The molecule has 2 heterocycles. The fourth-order valence-corrected chi connectivity index (χ4v) is 3.07. The lowest BCUT2D eigenvalue weighted by atomic mass is 10.3. The summed E-state index contributed by atoms with van der Waals surface area (Å²) in [6, 6.07) is 11.6. The Morgan fingerprint density at radius 2 is 2.05 bits per heavy atom. The average molecular weight is 316 g/mol. The summed E-state index contributed by atoms with van der Waals surface area (Å²) in [5.74, 6) is 0.661. The molecule has 0 radical (unpaired) electrons. The number of rotatable bonds is 3. The van der Waals surface area contributed by atoms with Crippen LogP contribution in [-0.4, -0.2) is 21.9 Å². The number of amides is 1. The van der Waals surface area contributed by atoms with Gasteiger partial charge in [-0.1, -0.05) is 24.0 Å². The van der Waals surface area contributed by atoms with Crippen molar-refractivity contribution in [3.05, 3.63) is 53.2 Å². The minimum atomic E-state index is -0.146. The molecule has 1 aromatic carbocycles. The van der Waals surface area contributed by atoms with Crippen molar-refractivity contribution >= 4 is 40.3 Å². The van der Waals surface area contributed by atoms with Crippen molar-refractivity contribution in [2.24, 2.45) is 0 Å². The van der Waals surface area contributed by atoms with Crippen LogP contribution in [0.2, 0.25) is 0 Å². The number of nitrogens with one attached hydrogen (secondary N) is 1. The Bertz CT molecular complexity index is 732. The van der Waals surface area contributed by atoms with Crippen molar-refractivity contribution in [2.75, 3.05) is 7.11 Å². The molecule has 1 saturated heterocycles. The smallest absolute Gasteiger partial charge is 0.263 e. The molecule has 1 fully saturated rings. The van der Waals surface area contributed by atoms with E-state index in [0.717, 1.165) is 17.1 Å². The lowest BCUT2D eigenvalue weighted by Crippen LogP contribution is -2.17. The largest absolute Gasteiger partial charge is 0.497 e. The van der Waals surface area contributed by atoms with Crippen LogP contribution in [0.15, 0.2) is 47.5 Å². The second-order valence-corrected chi connectivity index (χ2v) is 6.07. The second kappa shape index (κ2) is 5.75. The number of ether oxygens (including phenoxy) is 1. The number of hydrogen-bond acceptors (Lipinski definition) is 4. The normalized spacial score (nSPS) is 16.3. The molecule has 0 atom stereocenters. The van der Waals surface area contributed by atoms with Crippen LogP contribution in [0.5, 0.6) is 5.75 Å². The summed E-state index contributed by atoms with van der Waals surface area (Å²) in [7, 11) is 1.64.